The quantitative estimate of drug-likeness (QED) is 0.699. The van der Waals surface area contributed by atoms with Gasteiger partial charge in [0, 0.05) is 11.1 Å². The van der Waals surface area contributed by atoms with Gasteiger partial charge in [0.2, 0.25) is 5.91 Å². The van der Waals surface area contributed by atoms with Gasteiger partial charge in [-0.05, 0) is 44.0 Å². The molecule has 1 amide bonds. The van der Waals surface area contributed by atoms with Gasteiger partial charge in [-0.25, -0.2) is 0 Å². The third kappa shape index (κ3) is 5.74. The summed E-state index contributed by atoms with van der Waals surface area (Å²) in [5.74, 6) is -0.601. The van der Waals surface area contributed by atoms with Crippen LogP contribution in [0.2, 0.25) is 0 Å². The minimum Gasteiger partial charge on any atom is -0.490 e. The van der Waals surface area contributed by atoms with E-state index in [0.29, 0.717) is 6.42 Å². The van der Waals surface area contributed by atoms with Crippen molar-refractivity contribution >= 4 is 11.6 Å². The van der Waals surface area contributed by atoms with Gasteiger partial charge in [-0.2, -0.15) is 13.2 Å². The second-order valence-corrected chi connectivity index (χ2v) is 7.38. The summed E-state index contributed by atoms with van der Waals surface area (Å²) >= 11 is 0. The summed E-state index contributed by atoms with van der Waals surface area (Å²) in [4.78, 5) is 12.6. The van der Waals surface area contributed by atoms with Crippen LogP contribution in [0.3, 0.4) is 0 Å². The zero-order chi connectivity index (χ0) is 20.2. The number of hydrogen-bond donors (Lipinski definition) is 1. The van der Waals surface area contributed by atoms with Crippen molar-refractivity contribution in [3.63, 3.8) is 0 Å². The average molecular weight is 379 g/mol. The minimum atomic E-state index is -4.58. The van der Waals surface area contributed by atoms with Gasteiger partial charge in [0.05, 0.1) is 11.7 Å². The fourth-order valence-corrected chi connectivity index (χ4v) is 2.67. The predicted molar refractivity (Wildman–Crippen MR) is 99.8 cm³/mol. The van der Waals surface area contributed by atoms with Crippen LogP contribution in [0.4, 0.5) is 18.9 Å². The van der Waals surface area contributed by atoms with E-state index < -0.39 is 23.3 Å². The number of hydrogen-bond acceptors (Lipinski definition) is 2. The smallest absolute Gasteiger partial charge is 0.420 e. The monoisotopic (exact) mass is 379 g/mol. The zero-order valence-corrected chi connectivity index (χ0v) is 15.9. The molecule has 0 fully saturated rings. The molecule has 0 saturated carbocycles. The van der Waals surface area contributed by atoms with Crippen LogP contribution in [0.1, 0.15) is 38.8 Å². The van der Waals surface area contributed by atoms with E-state index in [1.165, 1.54) is 12.1 Å². The number of benzene rings is 2. The summed E-state index contributed by atoms with van der Waals surface area (Å²) in [5, 5.41) is 2.60. The molecule has 0 saturated heterocycles. The van der Waals surface area contributed by atoms with E-state index in [1.54, 1.807) is 27.7 Å². The fourth-order valence-electron chi connectivity index (χ4n) is 2.67. The Hall–Kier alpha value is -2.50. The van der Waals surface area contributed by atoms with Crippen molar-refractivity contribution < 1.29 is 22.7 Å². The van der Waals surface area contributed by atoms with Crippen LogP contribution < -0.4 is 10.1 Å². The van der Waals surface area contributed by atoms with E-state index in [-0.39, 0.29) is 17.3 Å². The van der Waals surface area contributed by atoms with E-state index in [1.807, 2.05) is 30.3 Å². The Balaban J connectivity index is 2.21. The van der Waals surface area contributed by atoms with Gasteiger partial charge in [0.25, 0.3) is 0 Å². The van der Waals surface area contributed by atoms with Gasteiger partial charge in [-0.15, -0.1) is 0 Å². The van der Waals surface area contributed by atoms with E-state index in [4.69, 9.17) is 4.74 Å². The van der Waals surface area contributed by atoms with Gasteiger partial charge < -0.3 is 10.1 Å². The van der Waals surface area contributed by atoms with Crippen molar-refractivity contribution in [2.75, 3.05) is 5.32 Å². The summed E-state index contributed by atoms with van der Waals surface area (Å²) in [6.07, 6.45) is -4.50. The van der Waals surface area contributed by atoms with Crippen molar-refractivity contribution in [3.05, 3.63) is 59.7 Å². The van der Waals surface area contributed by atoms with Crippen molar-refractivity contribution in [2.24, 2.45) is 5.41 Å². The first-order valence-corrected chi connectivity index (χ1v) is 8.72. The zero-order valence-electron chi connectivity index (χ0n) is 15.9. The third-order valence-electron chi connectivity index (χ3n) is 4.01. The Labute approximate surface area is 157 Å². The molecule has 0 aromatic heterocycles. The van der Waals surface area contributed by atoms with Crippen LogP contribution in [0, 0.1) is 5.41 Å². The second-order valence-electron chi connectivity index (χ2n) is 7.38. The molecule has 27 heavy (non-hydrogen) atoms. The number of anilines is 1. The first kappa shape index (κ1) is 20.8. The lowest BCUT2D eigenvalue weighted by molar-refractivity contribution is -0.139. The van der Waals surface area contributed by atoms with E-state index in [9.17, 15) is 18.0 Å². The first-order valence-electron chi connectivity index (χ1n) is 8.72. The van der Waals surface area contributed by atoms with Crippen LogP contribution in [0.15, 0.2) is 48.5 Å². The predicted octanol–water partition coefficient (Wildman–Crippen LogP) is 5.70. The molecule has 0 aliphatic rings. The summed E-state index contributed by atoms with van der Waals surface area (Å²) < 4.78 is 45.3. The third-order valence-corrected chi connectivity index (χ3v) is 4.01. The summed E-state index contributed by atoms with van der Waals surface area (Å²) in [6.45, 7) is 6.83. The Morgan fingerprint density at radius 3 is 2.26 bits per heavy atom. The summed E-state index contributed by atoms with van der Waals surface area (Å²) in [7, 11) is 0. The molecule has 0 atom stereocenters. The van der Waals surface area contributed by atoms with Crippen molar-refractivity contribution in [1.82, 2.24) is 0 Å². The molecular formula is C21H24F3NO2. The van der Waals surface area contributed by atoms with Crippen LogP contribution in [-0.2, 0) is 17.4 Å². The summed E-state index contributed by atoms with van der Waals surface area (Å²) in [5.41, 5.74) is -0.624. The molecule has 1 N–H and O–H groups in total. The normalized spacial score (nSPS) is 12.1. The first-order chi connectivity index (χ1) is 12.5. The van der Waals surface area contributed by atoms with Crippen molar-refractivity contribution in [1.29, 1.82) is 0 Å². The summed E-state index contributed by atoms with van der Waals surface area (Å²) in [6, 6.07) is 13.0. The standard InChI is InChI=1S/C21H24F3NO2/c1-14(2)27-18-11-10-16(12-17(18)21(22,23)24)25-19(26)20(3,4)13-15-8-6-5-7-9-15/h5-12,14H,13H2,1-4H3,(H,25,26). The highest BCUT2D eigenvalue weighted by Crippen LogP contribution is 2.38. The molecule has 0 radical (unpaired) electrons. The molecule has 0 aliphatic heterocycles. The molecule has 3 nitrogen and oxygen atoms in total. The number of nitrogens with one attached hydrogen (secondary N) is 1. The van der Waals surface area contributed by atoms with E-state index in [2.05, 4.69) is 5.32 Å². The highest BCUT2D eigenvalue weighted by molar-refractivity contribution is 5.95. The number of rotatable bonds is 6. The maximum Gasteiger partial charge on any atom is 0.420 e. The SMILES string of the molecule is CC(C)Oc1ccc(NC(=O)C(C)(C)Cc2ccccc2)cc1C(F)(F)F. The number of carbonyl (C=O) groups excluding carboxylic acids is 1. The lowest BCUT2D eigenvalue weighted by Gasteiger charge is -2.24. The molecule has 2 aromatic rings. The minimum absolute atomic E-state index is 0.0876. The Kier molecular flexibility index (Phi) is 6.19. The van der Waals surface area contributed by atoms with Gasteiger partial charge >= 0.3 is 6.18 Å². The largest absolute Gasteiger partial charge is 0.490 e. The van der Waals surface area contributed by atoms with Crippen LogP contribution in [0.5, 0.6) is 5.75 Å². The molecular weight excluding hydrogens is 355 g/mol. The molecule has 146 valence electrons. The van der Waals surface area contributed by atoms with Crippen molar-refractivity contribution in [3.8, 4) is 5.75 Å². The van der Waals surface area contributed by atoms with Gasteiger partial charge in [0.15, 0.2) is 0 Å². The maximum absolute atomic E-state index is 13.3. The number of amides is 1. The molecule has 0 unspecified atom stereocenters. The molecule has 0 heterocycles. The average Bonchev–Trinajstić information content (AvgIpc) is 2.55. The Morgan fingerprint density at radius 1 is 1.07 bits per heavy atom. The lowest BCUT2D eigenvalue weighted by Crippen LogP contribution is -2.32. The second kappa shape index (κ2) is 8.03. The number of halogens is 3. The molecule has 0 bridgehead atoms. The van der Waals surface area contributed by atoms with E-state index >= 15 is 0 Å². The molecule has 6 heteroatoms. The van der Waals surface area contributed by atoms with Crippen LogP contribution >= 0.6 is 0 Å². The van der Waals surface area contributed by atoms with Crippen molar-refractivity contribution in [2.45, 2.75) is 46.4 Å². The number of carbonyl (C=O) groups is 1. The van der Waals surface area contributed by atoms with Crippen LogP contribution in [-0.4, -0.2) is 12.0 Å². The maximum atomic E-state index is 13.3. The number of ether oxygens (including phenoxy) is 1. The highest BCUT2D eigenvalue weighted by Gasteiger charge is 2.35. The van der Waals surface area contributed by atoms with Gasteiger partial charge in [-0.3, -0.25) is 4.79 Å². The fraction of sp³-hybridized carbons (Fsp3) is 0.381. The molecule has 0 aliphatic carbocycles. The number of alkyl halides is 3. The Bertz CT molecular complexity index is 784. The molecule has 2 rings (SSSR count). The lowest BCUT2D eigenvalue weighted by atomic mass is 9.84. The van der Waals surface area contributed by atoms with Crippen LogP contribution in [0.25, 0.3) is 0 Å². The van der Waals surface area contributed by atoms with Gasteiger partial charge in [-0.1, -0.05) is 44.2 Å². The highest BCUT2D eigenvalue weighted by atomic mass is 19.4. The van der Waals surface area contributed by atoms with E-state index in [0.717, 1.165) is 11.6 Å². The molecule has 2 aromatic carbocycles. The van der Waals surface area contributed by atoms with Gasteiger partial charge in [0.1, 0.15) is 5.75 Å². The topological polar surface area (TPSA) is 38.3 Å². The Morgan fingerprint density at radius 2 is 1.70 bits per heavy atom. The molecule has 0 spiro atoms.